The van der Waals surface area contributed by atoms with Crippen molar-refractivity contribution in [3.63, 3.8) is 0 Å². The van der Waals surface area contributed by atoms with Gasteiger partial charge in [-0.15, -0.1) is 0 Å². The van der Waals surface area contributed by atoms with E-state index in [-0.39, 0.29) is 23.4 Å². The molecule has 0 spiro atoms. The first kappa shape index (κ1) is 15.2. The maximum absolute atomic E-state index is 11.7. The number of carbonyl (C=O) groups excluding carboxylic acids is 1. The van der Waals surface area contributed by atoms with Crippen LogP contribution in [0.15, 0.2) is 6.07 Å². The van der Waals surface area contributed by atoms with Gasteiger partial charge in [0.05, 0.1) is 12.5 Å². The van der Waals surface area contributed by atoms with E-state index in [1.165, 1.54) is 27.0 Å². The van der Waals surface area contributed by atoms with E-state index >= 15 is 0 Å². The molecule has 1 aromatic heterocycles. The van der Waals surface area contributed by atoms with Crippen molar-refractivity contribution in [2.75, 3.05) is 12.4 Å². The summed E-state index contributed by atoms with van der Waals surface area (Å²) in [6, 6.07) is 1.39. The Morgan fingerprint density at radius 3 is 2.63 bits per heavy atom. The number of anilines is 1. The molecule has 0 unspecified atom stereocenters. The molecule has 0 aliphatic heterocycles. The van der Waals surface area contributed by atoms with E-state index in [9.17, 15) is 9.59 Å². The minimum absolute atomic E-state index is 0.0319. The summed E-state index contributed by atoms with van der Waals surface area (Å²) >= 11 is 5.72. The standard InChI is InChI=1S/C11H14ClN3O4/c1-11(2,9(17)18)5-7(16)14-10-13-6(12)4-8(15-10)19-3/h4H,5H2,1-3H3,(H,17,18)(H,13,14,15,16). The van der Waals surface area contributed by atoms with E-state index in [0.29, 0.717) is 0 Å². The first-order valence-electron chi connectivity index (χ1n) is 5.36. The SMILES string of the molecule is COc1cc(Cl)nc(NC(=O)CC(C)(C)C(=O)O)n1. The van der Waals surface area contributed by atoms with E-state index in [1.54, 1.807) is 0 Å². The number of ether oxygens (including phenoxy) is 1. The van der Waals surface area contributed by atoms with Gasteiger partial charge in [-0.05, 0) is 13.8 Å². The van der Waals surface area contributed by atoms with Crippen LogP contribution in [0.4, 0.5) is 5.95 Å². The fourth-order valence-electron chi connectivity index (χ4n) is 1.20. The Balaban J connectivity index is 2.77. The molecule has 0 atom stereocenters. The molecule has 1 heterocycles. The molecule has 1 rings (SSSR count). The zero-order valence-corrected chi connectivity index (χ0v) is 11.5. The molecule has 0 radical (unpaired) electrons. The Morgan fingerprint density at radius 1 is 1.47 bits per heavy atom. The molecular weight excluding hydrogens is 274 g/mol. The van der Waals surface area contributed by atoms with Crippen molar-refractivity contribution in [1.29, 1.82) is 0 Å². The van der Waals surface area contributed by atoms with Gasteiger partial charge in [0.15, 0.2) is 0 Å². The molecule has 0 saturated carbocycles. The third-order valence-electron chi connectivity index (χ3n) is 2.31. The summed E-state index contributed by atoms with van der Waals surface area (Å²) in [5.74, 6) is -1.41. The number of methoxy groups -OCH3 is 1. The molecule has 19 heavy (non-hydrogen) atoms. The first-order valence-corrected chi connectivity index (χ1v) is 5.74. The van der Waals surface area contributed by atoms with Gasteiger partial charge in [-0.2, -0.15) is 4.98 Å². The van der Waals surface area contributed by atoms with Crippen LogP contribution in [-0.2, 0) is 9.59 Å². The average molecular weight is 288 g/mol. The zero-order chi connectivity index (χ0) is 14.6. The van der Waals surface area contributed by atoms with Crippen molar-refractivity contribution in [2.24, 2.45) is 5.41 Å². The highest BCUT2D eigenvalue weighted by Crippen LogP contribution is 2.21. The lowest BCUT2D eigenvalue weighted by molar-refractivity contribution is -0.148. The predicted molar refractivity (Wildman–Crippen MR) is 68.3 cm³/mol. The smallest absolute Gasteiger partial charge is 0.309 e. The third kappa shape index (κ3) is 4.36. The van der Waals surface area contributed by atoms with Crippen LogP contribution in [0.5, 0.6) is 5.88 Å². The van der Waals surface area contributed by atoms with Gasteiger partial charge in [-0.1, -0.05) is 11.6 Å². The van der Waals surface area contributed by atoms with E-state index in [0.717, 1.165) is 0 Å². The predicted octanol–water partition coefficient (Wildman–Crippen LogP) is 1.58. The Bertz CT molecular complexity index is 505. The van der Waals surface area contributed by atoms with Gasteiger partial charge in [0.2, 0.25) is 17.7 Å². The minimum Gasteiger partial charge on any atom is -0.481 e. The van der Waals surface area contributed by atoms with Crippen LogP contribution in [0, 0.1) is 5.41 Å². The number of halogens is 1. The average Bonchev–Trinajstić information content (AvgIpc) is 2.26. The van der Waals surface area contributed by atoms with Crippen LogP contribution in [0.2, 0.25) is 5.15 Å². The summed E-state index contributed by atoms with van der Waals surface area (Å²) in [6.07, 6.45) is -0.208. The van der Waals surface area contributed by atoms with Crippen molar-refractivity contribution in [3.05, 3.63) is 11.2 Å². The summed E-state index contributed by atoms with van der Waals surface area (Å²) in [6.45, 7) is 2.91. The largest absolute Gasteiger partial charge is 0.481 e. The number of carboxylic acid groups (broad SMARTS) is 1. The minimum atomic E-state index is -1.17. The number of hydrogen-bond donors (Lipinski definition) is 2. The molecule has 1 amide bonds. The Kier molecular flexibility index (Phi) is 4.66. The van der Waals surface area contributed by atoms with E-state index in [1.807, 2.05) is 0 Å². The molecule has 104 valence electrons. The van der Waals surface area contributed by atoms with Crippen molar-refractivity contribution >= 4 is 29.4 Å². The number of carbonyl (C=O) groups is 2. The van der Waals surface area contributed by atoms with Gasteiger partial charge in [-0.3, -0.25) is 14.9 Å². The normalized spacial score (nSPS) is 10.9. The number of aliphatic carboxylic acids is 1. The molecule has 0 bridgehead atoms. The van der Waals surface area contributed by atoms with E-state index < -0.39 is 17.3 Å². The lowest BCUT2D eigenvalue weighted by Crippen LogP contribution is -2.30. The second-order valence-electron chi connectivity index (χ2n) is 4.47. The van der Waals surface area contributed by atoms with E-state index in [4.69, 9.17) is 21.4 Å². The fourth-order valence-corrected chi connectivity index (χ4v) is 1.38. The second-order valence-corrected chi connectivity index (χ2v) is 4.86. The number of hydrogen-bond acceptors (Lipinski definition) is 5. The van der Waals surface area contributed by atoms with E-state index in [2.05, 4.69) is 15.3 Å². The van der Waals surface area contributed by atoms with Gasteiger partial charge in [0, 0.05) is 12.5 Å². The number of aromatic nitrogens is 2. The van der Waals surface area contributed by atoms with Crippen molar-refractivity contribution in [1.82, 2.24) is 9.97 Å². The van der Waals surface area contributed by atoms with Crippen molar-refractivity contribution in [3.8, 4) is 5.88 Å². The Labute approximate surface area is 115 Å². The van der Waals surface area contributed by atoms with Crippen LogP contribution in [0.3, 0.4) is 0 Å². The Morgan fingerprint density at radius 2 is 2.11 bits per heavy atom. The van der Waals surface area contributed by atoms with Crippen molar-refractivity contribution in [2.45, 2.75) is 20.3 Å². The van der Waals surface area contributed by atoms with Crippen LogP contribution in [0.25, 0.3) is 0 Å². The number of amides is 1. The van der Waals surface area contributed by atoms with Gasteiger partial charge < -0.3 is 9.84 Å². The molecule has 0 aromatic carbocycles. The lowest BCUT2D eigenvalue weighted by atomic mass is 9.89. The quantitative estimate of drug-likeness (QED) is 0.797. The maximum Gasteiger partial charge on any atom is 0.309 e. The van der Waals surface area contributed by atoms with Gasteiger partial charge in [0.25, 0.3) is 0 Å². The van der Waals surface area contributed by atoms with Gasteiger partial charge in [-0.25, -0.2) is 4.98 Å². The van der Waals surface area contributed by atoms with Crippen LogP contribution in [0.1, 0.15) is 20.3 Å². The zero-order valence-electron chi connectivity index (χ0n) is 10.7. The van der Waals surface area contributed by atoms with Gasteiger partial charge >= 0.3 is 5.97 Å². The summed E-state index contributed by atoms with van der Waals surface area (Å²) in [5, 5.41) is 11.4. The molecule has 0 aliphatic rings. The molecular formula is C11H14ClN3O4. The van der Waals surface area contributed by atoms with Gasteiger partial charge in [0.1, 0.15) is 5.15 Å². The molecule has 1 aromatic rings. The van der Waals surface area contributed by atoms with Crippen LogP contribution in [-0.4, -0.2) is 34.1 Å². The fraction of sp³-hybridized carbons (Fsp3) is 0.455. The third-order valence-corrected chi connectivity index (χ3v) is 2.51. The Hall–Kier alpha value is -1.89. The molecule has 7 nitrogen and oxygen atoms in total. The number of nitrogens with zero attached hydrogens (tertiary/aromatic N) is 2. The molecule has 2 N–H and O–H groups in total. The summed E-state index contributed by atoms with van der Waals surface area (Å²) in [4.78, 5) is 30.3. The molecule has 8 heteroatoms. The summed E-state index contributed by atoms with van der Waals surface area (Å²) in [7, 11) is 1.40. The van der Waals surface area contributed by atoms with Crippen LogP contribution >= 0.6 is 11.6 Å². The maximum atomic E-state index is 11.7. The monoisotopic (exact) mass is 287 g/mol. The highest BCUT2D eigenvalue weighted by Gasteiger charge is 2.30. The number of nitrogens with one attached hydrogen (secondary N) is 1. The molecule has 0 saturated heterocycles. The molecule has 0 fully saturated rings. The second kappa shape index (κ2) is 5.83. The highest BCUT2D eigenvalue weighted by molar-refractivity contribution is 6.29. The number of carboxylic acids is 1. The molecule has 0 aliphatic carbocycles. The first-order chi connectivity index (χ1) is 8.74. The number of rotatable bonds is 5. The lowest BCUT2D eigenvalue weighted by Gasteiger charge is -2.17. The summed E-state index contributed by atoms with van der Waals surface area (Å²) in [5.41, 5.74) is -1.17. The van der Waals surface area contributed by atoms with Crippen molar-refractivity contribution < 1.29 is 19.4 Å². The van der Waals surface area contributed by atoms with Crippen LogP contribution < -0.4 is 10.1 Å². The topological polar surface area (TPSA) is 101 Å². The summed E-state index contributed by atoms with van der Waals surface area (Å²) < 4.78 is 4.88. The highest BCUT2D eigenvalue weighted by atomic mass is 35.5.